The lowest BCUT2D eigenvalue weighted by atomic mass is 9.84. The van der Waals surface area contributed by atoms with Crippen LogP contribution in [0.3, 0.4) is 0 Å². The molecular formula is C35H43ClO10. The van der Waals surface area contributed by atoms with Crippen molar-refractivity contribution < 1.29 is 47.6 Å². The van der Waals surface area contributed by atoms with E-state index in [2.05, 4.69) is 6.92 Å². The number of benzene rings is 2. The molecule has 1 aliphatic carbocycles. The average molecular weight is 659 g/mol. The second-order valence-corrected chi connectivity index (χ2v) is 12.5. The zero-order valence-electron chi connectivity index (χ0n) is 27.0. The van der Waals surface area contributed by atoms with Crippen LogP contribution in [0.25, 0.3) is 0 Å². The molecule has 0 aromatic heterocycles. The number of rotatable bonds is 12. The summed E-state index contributed by atoms with van der Waals surface area (Å²) in [4.78, 5) is 48.2. The number of hydrogen-bond donors (Lipinski definition) is 0. The highest BCUT2D eigenvalue weighted by molar-refractivity contribution is 6.31. The number of carbonyl (C=O) groups is 4. The molecule has 2 aromatic rings. The van der Waals surface area contributed by atoms with Gasteiger partial charge in [-0.25, -0.2) is 0 Å². The van der Waals surface area contributed by atoms with Crippen LogP contribution in [0.5, 0.6) is 5.75 Å². The zero-order valence-corrected chi connectivity index (χ0v) is 27.8. The van der Waals surface area contributed by atoms with E-state index in [1.807, 2.05) is 30.3 Å². The summed E-state index contributed by atoms with van der Waals surface area (Å²) in [6, 6.07) is 13.2. The van der Waals surface area contributed by atoms with Crippen molar-refractivity contribution in [2.45, 2.75) is 104 Å². The molecule has 0 bridgehead atoms. The Morgan fingerprint density at radius 3 is 2.02 bits per heavy atom. The Bertz CT molecular complexity index is 1380. The van der Waals surface area contributed by atoms with E-state index in [4.69, 9.17) is 40.0 Å². The predicted octanol–water partition coefficient (Wildman–Crippen LogP) is 6.08. The Hall–Kier alpha value is -3.63. The number of ether oxygens (including phenoxy) is 6. The summed E-state index contributed by atoms with van der Waals surface area (Å²) in [6.45, 7) is 7.46. The summed E-state index contributed by atoms with van der Waals surface area (Å²) in [7, 11) is 0. The van der Waals surface area contributed by atoms with Gasteiger partial charge in [-0.3, -0.25) is 19.2 Å². The van der Waals surface area contributed by atoms with Crippen molar-refractivity contribution in [1.82, 2.24) is 0 Å². The quantitative estimate of drug-likeness (QED) is 0.196. The molecule has 46 heavy (non-hydrogen) atoms. The molecule has 1 saturated heterocycles. The molecule has 4 rings (SSSR count). The Morgan fingerprint density at radius 2 is 1.43 bits per heavy atom. The first-order chi connectivity index (χ1) is 21.9. The Balaban J connectivity index is 1.60. The molecule has 0 radical (unpaired) electrons. The molecule has 2 fully saturated rings. The fourth-order valence-corrected chi connectivity index (χ4v) is 6.47. The number of carbonyl (C=O) groups excluding carboxylic acids is 4. The standard InChI is InChI=1S/C35H43ClO10/c1-6-35(15-7-8-16-35)20-42-28-12-9-25(10-13-28)17-27-18-26(11-14-29(27)36)31-33(44-23(4)39)34(45-24(5)40)32(43-22(3)38)30(46-31)19-41-21(2)37/h9-14,18,30-34H,6-8,15-17,19-20H2,1-5H3. The van der Waals surface area contributed by atoms with E-state index in [1.54, 1.807) is 12.1 Å². The van der Waals surface area contributed by atoms with Crippen LogP contribution in [-0.2, 0) is 49.3 Å². The fraction of sp³-hybridized carbons (Fsp3) is 0.543. The van der Waals surface area contributed by atoms with Gasteiger partial charge in [0.25, 0.3) is 0 Å². The number of esters is 4. The second-order valence-electron chi connectivity index (χ2n) is 12.1. The number of hydrogen-bond acceptors (Lipinski definition) is 10. The summed E-state index contributed by atoms with van der Waals surface area (Å²) in [5.74, 6) is -1.80. The third-order valence-electron chi connectivity index (χ3n) is 8.67. The summed E-state index contributed by atoms with van der Waals surface area (Å²) < 4.78 is 34.4. The maximum absolute atomic E-state index is 12.3. The van der Waals surface area contributed by atoms with Crippen LogP contribution in [0.4, 0.5) is 0 Å². The van der Waals surface area contributed by atoms with Gasteiger partial charge >= 0.3 is 23.9 Å². The molecule has 5 atom stereocenters. The molecular weight excluding hydrogens is 616 g/mol. The maximum atomic E-state index is 12.3. The van der Waals surface area contributed by atoms with Gasteiger partial charge in [0.15, 0.2) is 18.3 Å². The van der Waals surface area contributed by atoms with Gasteiger partial charge in [0.2, 0.25) is 0 Å². The summed E-state index contributed by atoms with van der Waals surface area (Å²) in [5.41, 5.74) is 2.61. The molecule has 1 heterocycles. The summed E-state index contributed by atoms with van der Waals surface area (Å²) in [6.07, 6.45) is 0.799. The molecule has 2 aliphatic rings. The largest absolute Gasteiger partial charge is 0.493 e. The SMILES string of the molecule is CCC1(COc2ccc(Cc3cc(C4OC(COC(C)=O)C(OC(C)=O)C(OC(C)=O)C4OC(C)=O)ccc3Cl)cc2)CCCC1. The van der Waals surface area contributed by atoms with E-state index in [1.165, 1.54) is 53.4 Å². The van der Waals surface area contributed by atoms with Crippen molar-refractivity contribution in [2.24, 2.45) is 5.41 Å². The lowest BCUT2D eigenvalue weighted by Gasteiger charge is -2.44. The van der Waals surface area contributed by atoms with Crippen molar-refractivity contribution in [2.75, 3.05) is 13.2 Å². The second kappa shape index (κ2) is 15.8. The zero-order chi connectivity index (χ0) is 33.4. The molecule has 250 valence electrons. The maximum Gasteiger partial charge on any atom is 0.303 e. The van der Waals surface area contributed by atoms with Gasteiger partial charge in [-0.05, 0) is 60.6 Å². The predicted molar refractivity (Wildman–Crippen MR) is 168 cm³/mol. The van der Waals surface area contributed by atoms with Gasteiger partial charge in [0, 0.05) is 38.1 Å². The lowest BCUT2D eigenvalue weighted by Crippen LogP contribution is -2.59. The first kappa shape index (κ1) is 35.2. The third kappa shape index (κ3) is 9.22. The first-order valence-corrected chi connectivity index (χ1v) is 16.1. The van der Waals surface area contributed by atoms with Gasteiger partial charge < -0.3 is 28.4 Å². The van der Waals surface area contributed by atoms with Crippen molar-refractivity contribution in [1.29, 1.82) is 0 Å². The minimum Gasteiger partial charge on any atom is -0.493 e. The third-order valence-corrected chi connectivity index (χ3v) is 9.04. The average Bonchev–Trinajstić information content (AvgIpc) is 3.48. The minimum atomic E-state index is -1.26. The highest BCUT2D eigenvalue weighted by atomic mass is 35.5. The van der Waals surface area contributed by atoms with Gasteiger partial charge in [0.1, 0.15) is 24.6 Å². The van der Waals surface area contributed by atoms with Crippen LogP contribution >= 0.6 is 11.6 Å². The molecule has 10 nitrogen and oxygen atoms in total. The normalized spacial score (nSPS) is 23.7. The molecule has 5 unspecified atom stereocenters. The van der Waals surface area contributed by atoms with Crippen molar-refractivity contribution in [3.05, 3.63) is 64.2 Å². The number of halogens is 1. The molecule has 0 N–H and O–H groups in total. The van der Waals surface area contributed by atoms with Crippen LogP contribution in [0, 0.1) is 5.41 Å². The monoisotopic (exact) mass is 658 g/mol. The van der Waals surface area contributed by atoms with Crippen LogP contribution in [0.15, 0.2) is 42.5 Å². The molecule has 2 aromatic carbocycles. The highest BCUT2D eigenvalue weighted by Crippen LogP contribution is 2.42. The van der Waals surface area contributed by atoms with Crippen LogP contribution < -0.4 is 4.74 Å². The summed E-state index contributed by atoms with van der Waals surface area (Å²) >= 11 is 6.65. The van der Waals surface area contributed by atoms with E-state index in [9.17, 15) is 19.2 Å². The highest BCUT2D eigenvalue weighted by Gasteiger charge is 2.52. The van der Waals surface area contributed by atoms with Crippen molar-refractivity contribution >= 4 is 35.5 Å². The molecule has 0 spiro atoms. The van der Waals surface area contributed by atoms with E-state index in [-0.39, 0.29) is 12.0 Å². The smallest absolute Gasteiger partial charge is 0.303 e. The van der Waals surface area contributed by atoms with Crippen LogP contribution in [0.2, 0.25) is 5.02 Å². The van der Waals surface area contributed by atoms with Gasteiger partial charge in [-0.15, -0.1) is 0 Å². The molecule has 1 saturated carbocycles. The first-order valence-electron chi connectivity index (χ1n) is 15.7. The van der Waals surface area contributed by atoms with Gasteiger partial charge in [0.05, 0.1) is 6.61 Å². The molecule has 1 aliphatic heterocycles. The lowest BCUT2D eigenvalue weighted by molar-refractivity contribution is -0.254. The van der Waals surface area contributed by atoms with E-state index in [0.29, 0.717) is 23.6 Å². The van der Waals surface area contributed by atoms with Crippen molar-refractivity contribution in [3.8, 4) is 5.75 Å². The molecule has 11 heteroatoms. The van der Waals surface area contributed by atoms with E-state index >= 15 is 0 Å². The fourth-order valence-electron chi connectivity index (χ4n) is 6.29. The minimum absolute atomic E-state index is 0.266. The van der Waals surface area contributed by atoms with E-state index < -0.39 is 54.4 Å². The van der Waals surface area contributed by atoms with Crippen LogP contribution in [-0.4, -0.2) is 61.5 Å². The molecule has 0 amide bonds. The topological polar surface area (TPSA) is 124 Å². The summed E-state index contributed by atoms with van der Waals surface area (Å²) in [5, 5.41) is 0.515. The Morgan fingerprint density at radius 1 is 0.826 bits per heavy atom. The van der Waals surface area contributed by atoms with E-state index in [0.717, 1.165) is 23.3 Å². The van der Waals surface area contributed by atoms with Crippen molar-refractivity contribution in [3.63, 3.8) is 0 Å². The van der Waals surface area contributed by atoms with Gasteiger partial charge in [-0.1, -0.05) is 55.6 Å². The van der Waals surface area contributed by atoms with Crippen LogP contribution in [0.1, 0.15) is 89.5 Å². The Kier molecular flexibility index (Phi) is 12.1. The Labute approximate surface area is 275 Å². The van der Waals surface area contributed by atoms with Gasteiger partial charge in [-0.2, -0.15) is 0 Å².